The molecule has 0 spiro atoms. The number of aryl methyl sites for hydroxylation is 1. The van der Waals surface area contributed by atoms with Crippen molar-refractivity contribution in [1.82, 2.24) is 9.97 Å². The molecule has 0 unspecified atom stereocenters. The Kier molecular flexibility index (Phi) is 2.63. The van der Waals surface area contributed by atoms with Gasteiger partial charge in [0.05, 0.1) is 5.69 Å². The van der Waals surface area contributed by atoms with E-state index in [2.05, 4.69) is 9.97 Å². The summed E-state index contributed by atoms with van der Waals surface area (Å²) in [5.41, 5.74) is 2.75. The summed E-state index contributed by atoms with van der Waals surface area (Å²) >= 11 is 1.25. The molecule has 2 heterocycles. The SMILES string of the molecule is Cc1ccncc1-c1nc(C2CC2)c(C(=O)O)s1. The third kappa shape index (κ3) is 1.90. The van der Waals surface area contributed by atoms with E-state index in [-0.39, 0.29) is 0 Å². The van der Waals surface area contributed by atoms with Crippen LogP contribution in [-0.4, -0.2) is 21.0 Å². The molecule has 1 aliphatic rings. The quantitative estimate of drug-likeness (QED) is 0.921. The van der Waals surface area contributed by atoms with Crippen molar-refractivity contribution in [2.45, 2.75) is 25.7 Å². The van der Waals surface area contributed by atoms with Gasteiger partial charge in [0.25, 0.3) is 0 Å². The van der Waals surface area contributed by atoms with E-state index in [1.165, 1.54) is 11.3 Å². The average molecular weight is 260 g/mol. The van der Waals surface area contributed by atoms with Gasteiger partial charge in [-0.1, -0.05) is 0 Å². The topological polar surface area (TPSA) is 63.1 Å². The molecule has 4 nitrogen and oxygen atoms in total. The van der Waals surface area contributed by atoms with Gasteiger partial charge in [0, 0.05) is 23.9 Å². The highest BCUT2D eigenvalue weighted by Crippen LogP contribution is 2.44. The molecular weight excluding hydrogens is 248 g/mol. The second-order valence-corrected chi connectivity index (χ2v) is 5.50. The molecule has 1 fully saturated rings. The third-order valence-electron chi connectivity index (χ3n) is 3.08. The number of hydrogen-bond acceptors (Lipinski definition) is 4. The lowest BCUT2D eigenvalue weighted by Crippen LogP contribution is -1.97. The van der Waals surface area contributed by atoms with E-state index >= 15 is 0 Å². The van der Waals surface area contributed by atoms with Crippen LogP contribution in [0.25, 0.3) is 10.6 Å². The van der Waals surface area contributed by atoms with Gasteiger partial charge in [-0.15, -0.1) is 11.3 Å². The first-order valence-electron chi connectivity index (χ1n) is 5.82. The van der Waals surface area contributed by atoms with Gasteiger partial charge in [-0.25, -0.2) is 9.78 Å². The molecule has 0 amide bonds. The van der Waals surface area contributed by atoms with Gasteiger partial charge in [-0.2, -0.15) is 0 Å². The highest BCUT2D eigenvalue weighted by atomic mass is 32.1. The van der Waals surface area contributed by atoms with Crippen LogP contribution in [-0.2, 0) is 0 Å². The fraction of sp³-hybridized carbons (Fsp3) is 0.308. The van der Waals surface area contributed by atoms with Gasteiger partial charge < -0.3 is 5.11 Å². The summed E-state index contributed by atoms with van der Waals surface area (Å²) in [7, 11) is 0. The number of thiazole rings is 1. The Hall–Kier alpha value is -1.75. The Morgan fingerprint density at radius 2 is 2.28 bits per heavy atom. The zero-order chi connectivity index (χ0) is 12.7. The molecule has 2 aromatic heterocycles. The minimum Gasteiger partial charge on any atom is -0.477 e. The number of aromatic nitrogens is 2. The van der Waals surface area contributed by atoms with Gasteiger partial charge in [0.1, 0.15) is 9.88 Å². The van der Waals surface area contributed by atoms with Crippen LogP contribution in [0.4, 0.5) is 0 Å². The van der Waals surface area contributed by atoms with Crippen LogP contribution < -0.4 is 0 Å². The maximum Gasteiger partial charge on any atom is 0.347 e. The number of nitrogens with zero attached hydrogens (tertiary/aromatic N) is 2. The standard InChI is InChI=1S/C13H12N2O2S/c1-7-4-5-14-6-9(7)12-15-10(8-2-3-8)11(18-12)13(16)17/h4-6,8H,2-3H2,1H3,(H,16,17). The second kappa shape index (κ2) is 4.17. The van der Waals surface area contributed by atoms with Crippen molar-refractivity contribution in [3.05, 3.63) is 34.6 Å². The van der Waals surface area contributed by atoms with E-state index in [0.29, 0.717) is 10.8 Å². The molecule has 0 bridgehead atoms. The van der Waals surface area contributed by atoms with Crippen LogP contribution in [0.1, 0.15) is 39.7 Å². The lowest BCUT2D eigenvalue weighted by molar-refractivity contribution is 0.0700. The van der Waals surface area contributed by atoms with Gasteiger partial charge in [-0.05, 0) is 31.4 Å². The monoisotopic (exact) mass is 260 g/mol. The molecule has 2 aromatic rings. The minimum atomic E-state index is -0.873. The number of carboxylic acid groups (broad SMARTS) is 1. The summed E-state index contributed by atoms with van der Waals surface area (Å²) in [6.07, 6.45) is 5.58. The molecule has 1 saturated carbocycles. The van der Waals surface area contributed by atoms with E-state index in [9.17, 15) is 9.90 Å². The molecule has 0 radical (unpaired) electrons. The van der Waals surface area contributed by atoms with Gasteiger partial charge >= 0.3 is 5.97 Å². The molecular formula is C13H12N2O2S. The van der Waals surface area contributed by atoms with Crippen LogP contribution in [0.15, 0.2) is 18.5 Å². The first-order chi connectivity index (χ1) is 8.66. The molecule has 5 heteroatoms. The Balaban J connectivity index is 2.11. The molecule has 0 saturated heterocycles. The summed E-state index contributed by atoms with van der Waals surface area (Å²) < 4.78 is 0. The number of carbonyl (C=O) groups is 1. The Morgan fingerprint density at radius 1 is 1.50 bits per heavy atom. The van der Waals surface area contributed by atoms with Crippen LogP contribution in [0.3, 0.4) is 0 Å². The van der Waals surface area contributed by atoms with Crippen molar-refractivity contribution in [1.29, 1.82) is 0 Å². The molecule has 3 rings (SSSR count). The highest BCUT2D eigenvalue weighted by Gasteiger charge is 2.32. The molecule has 0 aromatic carbocycles. The van der Waals surface area contributed by atoms with Crippen molar-refractivity contribution >= 4 is 17.3 Å². The molecule has 92 valence electrons. The van der Waals surface area contributed by atoms with Crippen LogP contribution in [0.2, 0.25) is 0 Å². The van der Waals surface area contributed by atoms with Crippen LogP contribution in [0, 0.1) is 6.92 Å². The fourth-order valence-corrected chi connectivity index (χ4v) is 2.99. The van der Waals surface area contributed by atoms with Crippen molar-refractivity contribution < 1.29 is 9.90 Å². The minimum absolute atomic E-state index is 0.345. The largest absolute Gasteiger partial charge is 0.477 e. The molecule has 0 aliphatic heterocycles. The van der Waals surface area contributed by atoms with E-state index in [1.54, 1.807) is 12.4 Å². The number of hydrogen-bond donors (Lipinski definition) is 1. The number of aromatic carboxylic acids is 1. The fourth-order valence-electron chi connectivity index (χ4n) is 1.92. The van der Waals surface area contributed by atoms with Gasteiger partial charge in [0.15, 0.2) is 0 Å². The Morgan fingerprint density at radius 3 is 2.89 bits per heavy atom. The van der Waals surface area contributed by atoms with Crippen molar-refractivity contribution in [2.75, 3.05) is 0 Å². The lowest BCUT2D eigenvalue weighted by Gasteiger charge is -1.99. The van der Waals surface area contributed by atoms with E-state index in [4.69, 9.17) is 0 Å². The first kappa shape index (κ1) is 11.3. The van der Waals surface area contributed by atoms with E-state index < -0.39 is 5.97 Å². The second-order valence-electron chi connectivity index (χ2n) is 4.50. The zero-order valence-electron chi connectivity index (χ0n) is 9.88. The van der Waals surface area contributed by atoms with E-state index in [0.717, 1.165) is 34.7 Å². The lowest BCUT2D eigenvalue weighted by atomic mass is 10.2. The molecule has 18 heavy (non-hydrogen) atoms. The Labute approximate surface area is 108 Å². The third-order valence-corrected chi connectivity index (χ3v) is 4.17. The maximum atomic E-state index is 11.2. The molecule has 1 N–H and O–H groups in total. The smallest absolute Gasteiger partial charge is 0.347 e. The van der Waals surface area contributed by atoms with Crippen molar-refractivity contribution in [3.8, 4) is 10.6 Å². The van der Waals surface area contributed by atoms with Gasteiger partial charge in [-0.3, -0.25) is 4.98 Å². The highest BCUT2D eigenvalue weighted by molar-refractivity contribution is 7.17. The average Bonchev–Trinajstić information content (AvgIpc) is 3.09. The Bertz CT molecular complexity index is 617. The zero-order valence-corrected chi connectivity index (χ0v) is 10.7. The summed E-state index contributed by atoms with van der Waals surface area (Å²) in [4.78, 5) is 20.2. The number of carboxylic acids is 1. The predicted octanol–water partition coefficient (Wildman–Crippen LogP) is 3.09. The van der Waals surface area contributed by atoms with E-state index in [1.807, 2.05) is 13.0 Å². The maximum absolute atomic E-state index is 11.2. The number of rotatable bonds is 3. The van der Waals surface area contributed by atoms with Crippen LogP contribution in [0.5, 0.6) is 0 Å². The predicted molar refractivity (Wildman–Crippen MR) is 69.0 cm³/mol. The van der Waals surface area contributed by atoms with Crippen molar-refractivity contribution in [2.24, 2.45) is 0 Å². The first-order valence-corrected chi connectivity index (χ1v) is 6.63. The summed E-state index contributed by atoms with van der Waals surface area (Å²) in [5.74, 6) is -0.528. The summed E-state index contributed by atoms with van der Waals surface area (Å²) in [6.45, 7) is 1.98. The molecule has 1 aliphatic carbocycles. The number of pyridine rings is 1. The van der Waals surface area contributed by atoms with Gasteiger partial charge in [0.2, 0.25) is 0 Å². The summed E-state index contributed by atoms with van der Waals surface area (Å²) in [6, 6.07) is 1.91. The molecule has 0 atom stereocenters. The normalized spacial score (nSPS) is 14.7. The summed E-state index contributed by atoms with van der Waals surface area (Å²) in [5, 5.41) is 9.99. The van der Waals surface area contributed by atoms with Crippen molar-refractivity contribution in [3.63, 3.8) is 0 Å². The van der Waals surface area contributed by atoms with Crippen LogP contribution >= 0.6 is 11.3 Å².